The lowest BCUT2D eigenvalue weighted by atomic mass is 9.89. The van der Waals surface area contributed by atoms with Crippen molar-refractivity contribution in [3.63, 3.8) is 0 Å². The van der Waals surface area contributed by atoms with Gasteiger partial charge in [-0.25, -0.2) is 19.3 Å². The maximum absolute atomic E-state index is 14.0. The van der Waals surface area contributed by atoms with E-state index in [0.717, 1.165) is 59.4 Å². The van der Waals surface area contributed by atoms with Gasteiger partial charge in [0.15, 0.2) is 0 Å². The van der Waals surface area contributed by atoms with E-state index in [-0.39, 0.29) is 31.2 Å². The normalized spacial score (nSPS) is 18.5. The Bertz CT molecular complexity index is 1800. The number of aliphatic hydroxyl groups is 1. The number of carbonyl (C=O) groups is 1. The molecule has 1 aliphatic carbocycles. The van der Waals surface area contributed by atoms with Crippen molar-refractivity contribution < 1.29 is 23.4 Å². The molecule has 0 saturated heterocycles. The number of benzene rings is 2. The first-order valence-corrected chi connectivity index (χ1v) is 14.2. The fraction of sp³-hybridized carbons (Fsp3) is 0.312. The number of amides is 1. The average Bonchev–Trinajstić information content (AvgIpc) is 3.71. The number of hydrogen-bond donors (Lipinski definition) is 1. The van der Waals surface area contributed by atoms with E-state index >= 15 is 0 Å². The fourth-order valence-corrected chi connectivity index (χ4v) is 6.33. The van der Waals surface area contributed by atoms with Crippen molar-refractivity contribution in [1.29, 1.82) is 0 Å². The summed E-state index contributed by atoms with van der Waals surface area (Å²) in [4.78, 5) is 29.4. The Hall–Kier alpha value is -4.57. The fourth-order valence-electron chi connectivity index (χ4n) is 6.33. The molecule has 2 aromatic carbocycles. The Kier molecular flexibility index (Phi) is 6.70. The molecule has 0 radical (unpaired) electrons. The summed E-state index contributed by atoms with van der Waals surface area (Å²) in [7, 11) is 0. The molecule has 2 aliphatic rings. The van der Waals surface area contributed by atoms with Gasteiger partial charge in [0, 0.05) is 24.2 Å². The lowest BCUT2D eigenvalue weighted by Crippen LogP contribution is -2.39. The number of fused-ring (bicyclic) bond motifs is 2. The zero-order valence-corrected chi connectivity index (χ0v) is 23.2. The van der Waals surface area contributed by atoms with Crippen molar-refractivity contribution in [2.45, 2.75) is 51.2 Å². The van der Waals surface area contributed by atoms with Crippen LogP contribution in [0.2, 0.25) is 0 Å². The van der Waals surface area contributed by atoms with Crippen LogP contribution in [0.3, 0.4) is 0 Å². The second-order valence-corrected chi connectivity index (χ2v) is 10.9. The number of halogens is 1. The van der Waals surface area contributed by atoms with Crippen LogP contribution < -0.4 is 4.74 Å². The highest BCUT2D eigenvalue weighted by Gasteiger charge is 2.37. The predicted molar refractivity (Wildman–Crippen MR) is 153 cm³/mol. The molecular formula is C32H30FN5O4. The number of rotatable bonds is 7. The van der Waals surface area contributed by atoms with Crippen LogP contribution in [0.4, 0.5) is 4.39 Å². The molecule has 7 rings (SSSR count). The van der Waals surface area contributed by atoms with E-state index in [1.54, 1.807) is 18.5 Å². The third-order valence-corrected chi connectivity index (χ3v) is 8.22. The van der Waals surface area contributed by atoms with Crippen molar-refractivity contribution in [3.05, 3.63) is 83.6 Å². The lowest BCUT2D eigenvalue weighted by Gasteiger charge is -2.36. The number of pyridine rings is 1. The van der Waals surface area contributed by atoms with E-state index < -0.39 is 5.82 Å². The van der Waals surface area contributed by atoms with E-state index in [0.29, 0.717) is 29.4 Å². The van der Waals surface area contributed by atoms with Crippen LogP contribution in [0.25, 0.3) is 34.0 Å². The SMILES string of the molecule is Cc1coc(-c2cc3c(cn2)nc(-c2ccccc2OCCO)n3[C@@H]2CCC[C@H](N3Cc4ccc(F)cc4C3=O)C2)n1. The minimum Gasteiger partial charge on any atom is -0.490 e. The molecule has 1 N–H and O–H groups in total. The largest absolute Gasteiger partial charge is 0.490 e. The molecule has 42 heavy (non-hydrogen) atoms. The summed E-state index contributed by atoms with van der Waals surface area (Å²) in [5, 5.41) is 9.42. The second kappa shape index (κ2) is 10.7. The van der Waals surface area contributed by atoms with Crippen molar-refractivity contribution >= 4 is 16.9 Å². The summed E-state index contributed by atoms with van der Waals surface area (Å²) < 4.78 is 27.8. The number of aryl methyl sites for hydroxylation is 1. The van der Waals surface area contributed by atoms with Crippen molar-refractivity contribution in [2.75, 3.05) is 13.2 Å². The molecule has 1 fully saturated rings. The quantitative estimate of drug-likeness (QED) is 0.268. The molecule has 5 aromatic rings. The smallest absolute Gasteiger partial charge is 0.254 e. The minimum absolute atomic E-state index is 0.00593. The van der Waals surface area contributed by atoms with Gasteiger partial charge in [0.05, 0.1) is 29.6 Å². The third-order valence-electron chi connectivity index (χ3n) is 8.22. The first kappa shape index (κ1) is 26.3. The van der Waals surface area contributed by atoms with Gasteiger partial charge in [-0.1, -0.05) is 18.2 Å². The summed E-state index contributed by atoms with van der Waals surface area (Å²) in [5.41, 5.74) is 5.10. The Morgan fingerprint density at radius 3 is 2.79 bits per heavy atom. The summed E-state index contributed by atoms with van der Waals surface area (Å²) >= 11 is 0. The first-order valence-electron chi connectivity index (χ1n) is 14.2. The van der Waals surface area contributed by atoms with Gasteiger partial charge < -0.3 is 23.7 Å². The van der Waals surface area contributed by atoms with Gasteiger partial charge in [-0.3, -0.25) is 4.79 Å². The highest BCUT2D eigenvalue weighted by Crippen LogP contribution is 2.41. The lowest BCUT2D eigenvalue weighted by molar-refractivity contribution is 0.0630. The molecule has 10 heteroatoms. The number of hydrogen-bond acceptors (Lipinski definition) is 7. The number of ether oxygens (including phenoxy) is 1. The van der Waals surface area contributed by atoms with Crippen LogP contribution in [0.15, 0.2) is 65.4 Å². The summed E-state index contributed by atoms with van der Waals surface area (Å²) in [6.45, 7) is 2.41. The zero-order chi connectivity index (χ0) is 28.8. The summed E-state index contributed by atoms with van der Waals surface area (Å²) in [6.07, 6.45) is 6.74. The maximum atomic E-state index is 14.0. The van der Waals surface area contributed by atoms with Crippen molar-refractivity contribution in [1.82, 2.24) is 24.4 Å². The molecule has 1 amide bonds. The third kappa shape index (κ3) is 4.61. The highest BCUT2D eigenvalue weighted by molar-refractivity contribution is 5.98. The summed E-state index contributed by atoms with van der Waals surface area (Å²) in [6, 6.07) is 14.1. The highest BCUT2D eigenvalue weighted by atomic mass is 19.1. The van der Waals surface area contributed by atoms with Crippen LogP contribution in [0, 0.1) is 12.7 Å². The molecule has 1 saturated carbocycles. The predicted octanol–water partition coefficient (Wildman–Crippen LogP) is 5.71. The number of imidazole rings is 1. The molecular weight excluding hydrogens is 537 g/mol. The number of para-hydroxylation sites is 1. The molecule has 9 nitrogen and oxygen atoms in total. The van der Waals surface area contributed by atoms with E-state index in [4.69, 9.17) is 14.1 Å². The van der Waals surface area contributed by atoms with Gasteiger partial charge in [0.1, 0.15) is 41.5 Å². The van der Waals surface area contributed by atoms with Crippen molar-refractivity contribution in [2.24, 2.45) is 0 Å². The van der Waals surface area contributed by atoms with E-state index in [2.05, 4.69) is 14.5 Å². The minimum atomic E-state index is -0.396. The van der Waals surface area contributed by atoms with Crippen LogP contribution in [0.5, 0.6) is 5.75 Å². The van der Waals surface area contributed by atoms with Crippen LogP contribution in [0.1, 0.15) is 53.3 Å². The standard InChI is InChI=1S/C32H30FN5O4/c1-19-18-42-31(35-19)26-15-28-27(16-34-26)36-30(24-7-2-3-8-29(24)41-12-11-39)38(28)23-6-4-5-22(14-23)37-17-20-9-10-21(33)13-25(20)32(37)40/h2-3,7-10,13,15-16,18,22-23,39H,4-6,11-12,14,17H2,1H3/t22-,23+/m0/s1. The Morgan fingerprint density at radius 1 is 1.10 bits per heavy atom. The molecule has 2 atom stereocenters. The molecule has 214 valence electrons. The van der Waals surface area contributed by atoms with Gasteiger partial charge in [-0.15, -0.1) is 0 Å². The van der Waals surface area contributed by atoms with Crippen LogP contribution >= 0.6 is 0 Å². The molecule has 3 aromatic heterocycles. The molecule has 4 heterocycles. The Labute approximate surface area is 241 Å². The molecule has 0 bridgehead atoms. The van der Waals surface area contributed by atoms with Gasteiger partial charge >= 0.3 is 0 Å². The van der Waals surface area contributed by atoms with Gasteiger partial charge in [-0.2, -0.15) is 0 Å². The Balaban J connectivity index is 1.31. The van der Waals surface area contributed by atoms with E-state index in [1.165, 1.54) is 12.1 Å². The van der Waals surface area contributed by atoms with E-state index in [1.807, 2.05) is 42.2 Å². The number of oxazole rings is 1. The number of nitrogens with zero attached hydrogens (tertiary/aromatic N) is 5. The second-order valence-electron chi connectivity index (χ2n) is 10.9. The average molecular weight is 568 g/mol. The van der Waals surface area contributed by atoms with Crippen LogP contribution in [-0.4, -0.2) is 54.7 Å². The molecule has 1 aliphatic heterocycles. The number of aliphatic hydroxyl groups excluding tert-OH is 1. The first-order chi connectivity index (χ1) is 20.5. The molecule has 0 unspecified atom stereocenters. The topological polar surface area (TPSA) is 107 Å². The number of carbonyl (C=O) groups excluding carboxylic acids is 1. The van der Waals surface area contributed by atoms with Gasteiger partial charge in [-0.05, 0) is 68.5 Å². The van der Waals surface area contributed by atoms with Gasteiger partial charge in [0.25, 0.3) is 5.91 Å². The summed E-state index contributed by atoms with van der Waals surface area (Å²) in [5.74, 6) is 1.28. The van der Waals surface area contributed by atoms with E-state index in [9.17, 15) is 14.3 Å². The van der Waals surface area contributed by atoms with Crippen molar-refractivity contribution in [3.8, 4) is 28.7 Å². The van der Waals surface area contributed by atoms with Crippen LogP contribution in [-0.2, 0) is 6.54 Å². The maximum Gasteiger partial charge on any atom is 0.254 e. The zero-order valence-electron chi connectivity index (χ0n) is 23.2. The Morgan fingerprint density at radius 2 is 1.95 bits per heavy atom. The monoisotopic (exact) mass is 567 g/mol. The number of aromatic nitrogens is 4. The molecule has 0 spiro atoms. The van der Waals surface area contributed by atoms with Gasteiger partial charge in [0.2, 0.25) is 5.89 Å².